The summed E-state index contributed by atoms with van der Waals surface area (Å²) in [5, 5.41) is 7.54. The van der Waals surface area contributed by atoms with Gasteiger partial charge in [-0.2, -0.15) is 13.2 Å². The first-order valence-electron chi connectivity index (χ1n) is 7.53. The molecule has 1 aromatic rings. The number of carbonyl (C=O) groups excluding carboxylic acids is 2. The smallest absolute Gasteiger partial charge is 0.351 e. The van der Waals surface area contributed by atoms with Gasteiger partial charge < -0.3 is 16.0 Å². The number of carbonyl (C=O) groups is 2. The molecule has 0 saturated heterocycles. The SMILES string of the molecule is CNC(=O)NC(C)(C)C(=O)N[C@H]1C[C@@H]1c1ccccc1C(F)(F)F. The standard InChI is InChI=1S/C16H20F3N3O2/c1-15(2,22-14(24)20-3)13(23)21-12-8-10(12)9-6-4-5-7-11(9)16(17,18)19/h4-7,10,12H,8H2,1-3H3,(H,21,23)(H2,20,22,24)/t10-,12+/m1/s1. The number of rotatable bonds is 4. The predicted molar refractivity (Wildman–Crippen MR) is 82.4 cm³/mol. The van der Waals surface area contributed by atoms with Crippen LogP contribution in [0.3, 0.4) is 0 Å². The zero-order chi connectivity index (χ0) is 18.1. The lowest BCUT2D eigenvalue weighted by molar-refractivity contribution is -0.138. The van der Waals surface area contributed by atoms with Gasteiger partial charge in [0, 0.05) is 19.0 Å². The van der Waals surface area contributed by atoms with Gasteiger partial charge in [0.15, 0.2) is 0 Å². The van der Waals surface area contributed by atoms with Crippen LogP contribution in [0.5, 0.6) is 0 Å². The van der Waals surface area contributed by atoms with Crippen LogP contribution in [-0.2, 0) is 11.0 Å². The molecule has 1 saturated carbocycles. The maximum absolute atomic E-state index is 13.1. The van der Waals surface area contributed by atoms with Gasteiger partial charge in [-0.3, -0.25) is 4.79 Å². The van der Waals surface area contributed by atoms with Gasteiger partial charge in [0.05, 0.1) is 5.56 Å². The lowest BCUT2D eigenvalue weighted by atomic mass is 10.0. The fraction of sp³-hybridized carbons (Fsp3) is 0.500. The van der Waals surface area contributed by atoms with Crippen LogP contribution in [-0.4, -0.2) is 30.6 Å². The molecule has 1 aliphatic carbocycles. The van der Waals surface area contributed by atoms with Gasteiger partial charge in [0.1, 0.15) is 5.54 Å². The Kier molecular flexibility index (Phi) is 4.77. The predicted octanol–water partition coefficient (Wildman–Crippen LogP) is 2.39. The van der Waals surface area contributed by atoms with Crippen molar-refractivity contribution in [3.05, 3.63) is 35.4 Å². The number of hydrogen-bond donors (Lipinski definition) is 3. The number of benzene rings is 1. The zero-order valence-corrected chi connectivity index (χ0v) is 13.6. The monoisotopic (exact) mass is 343 g/mol. The molecule has 1 fully saturated rings. The third-order valence-corrected chi connectivity index (χ3v) is 3.99. The summed E-state index contributed by atoms with van der Waals surface area (Å²) >= 11 is 0. The van der Waals surface area contributed by atoms with Crippen LogP contribution >= 0.6 is 0 Å². The normalized spacial score (nSPS) is 20.2. The van der Waals surface area contributed by atoms with Gasteiger partial charge in [0.2, 0.25) is 5.91 Å². The molecule has 0 radical (unpaired) electrons. The molecule has 0 bridgehead atoms. The molecule has 8 heteroatoms. The van der Waals surface area contributed by atoms with E-state index in [1.54, 1.807) is 6.07 Å². The number of nitrogens with one attached hydrogen (secondary N) is 3. The summed E-state index contributed by atoms with van der Waals surface area (Å²) in [6, 6.07) is 4.51. The number of alkyl halides is 3. The minimum Gasteiger partial charge on any atom is -0.351 e. The molecule has 0 aliphatic heterocycles. The zero-order valence-electron chi connectivity index (χ0n) is 13.6. The molecule has 0 aromatic heterocycles. The second-order valence-electron chi connectivity index (χ2n) is 6.34. The van der Waals surface area contributed by atoms with Crippen LogP contribution < -0.4 is 16.0 Å². The van der Waals surface area contributed by atoms with Crippen molar-refractivity contribution in [2.75, 3.05) is 7.05 Å². The van der Waals surface area contributed by atoms with Crippen molar-refractivity contribution >= 4 is 11.9 Å². The fourth-order valence-corrected chi connectivity index (χ4v) is 2.53. The highest BCUT2D eigenvalue weighted by molar-refractivity contribution is 5.90. The molecule has 5 nitrogen and oxygen atoms in total. The molecule has 3 amide bonds. The minimum atomic E-state index is -4.42. The Morgan fingerprint density at radius 2 is 1.79 bits per heavy atom. The van der Waals surface area contributed by atoms with Crippen LogP contribution in [0, 0.1) is 0 Å². The molecule has 0 heterocycles. The number of hydrogen-bond acceptors (Lipinski definition) is 2. The van der Waals surface area contributed by atoms with Crippen LogP contribution in [0.15, 0.2) is 24.3 Å². The van der Waals surface area contributed by atoms with Crippen molar-refractivity contribution in [1.29, 1.82) is 0 Å². The number of amides is 3. The van der Waals surface area contributed by atoms with E-state index in [0.29, 0.717) is 6.42 Å². The average Bonchev–Trinajstić information content (AvgIpc) is 3.24. The Hall–Kier alpha value is -2.25. The summed E-state index contributed by atoms with van der Waals surface area (Å²) in [7, 11) is 1.42. The summed E-state index contributed by atoms with van der Waals surface area (Å²) in [6.45, 7) is 3.05. The van der Waals surface area contributed by atoms with Gasteiger partial charge in [0.25, 0.3) is 0 Å². The summed E-state index contributed by atoms with van der Waals surface area (Å²) in [6.07, 6.45) is -3.98. The first kappa shape index (κ1) is 18.1. The molecule has 0 unspecified atom stereocenters. The Bertz CT molecular complexity index is 644. The molecular formula is C16H20F3N3O2. The van der Waals surface area contributed by atoms with Gasteiger partial charge in [-0.05, 0) is 31.9 Å². The fourth-order valence-electron chi connectivity index (χ4n) is 2.53. The van der Waals surface area contributed by atoms with Crippen molar-refractivity contribution in [3.63, 3.8) is 0 Å². The second-order valence-corrected chi connectivity index (χ2v) is 6.34. The van der Waals surface area contributed by atoms with Crippen LogP contribution in [0.2, 0.25) is 0 Å². The van der Waals surface area contributed by atoms with Crippen LogP contribution in [0.25, 0.3) is 0 Å². The Morgan fingerprint density at radius 1 is 1.17 bits per heavy atom. The minimum absolute atomic E-state index is 0.187. The van der Waals surface area contributed by atoms with E-state index in [9.17, 15) is 22.8 Å². The van der Waals surface area contributed by atoms with E-state index in [-0.39, 0.29) is 17.5 Å². The lowest BCUT2D eigenvalue weighted by Crippen LogP contribution is -2.57. The summed E-state index contributed by atoms with van der Waals surface area (Å²) in [4.78, 5) is 23.6. The molecule has 2 rings (SSSR count). The molecule has 3 N–H and O–H groups in total. The maximum atomic E-state index is 13.1. The highest BCUT2D eigenvalue weighted by Gasteiger charge is 2.46. The molecule has 132 valence electrons. The van der Waals surface area contributed by atoms with Crippen LogP contribution in [0.4, 0.5) is 18.0 Å². The van der Waals surface area contributed by atoms with Crippen molar-refractivity contribution < 1.29 is 22.8 Å². The number of urea groups is 1. The molecule has 2 atom stereocenters. The van der Waals surface area contributed by atoms with Gasteiger partial charge in [-0.25, -0.2) is 4.79 Å². The van der Waals surface area contributed by atoms with Crippen molar-refractivity contribution in [2.24, 2.45) is 0 Å². The maximum Gasteiger partial charge on any atom is 0.416 e. The van der Waals surface area contributed by atoms with Crippen molar-refractivity contribution in [1.82, 2.24) is 16.0 Å². The Balaban J connectivity index is 2.04. The van der Waals surface area contributed by atoms with E-state index in [0.717, 1.165) is 6.07 Å². The third-order valence-electron chi connectivity index (χ3n) is 3.99. The molecular weight excluding hydrogens is 323 g/mol. The first-order chi connectivity index (χ1) is 11.1. The van der Waals surface area contributed by atoms with Crippen LogP contribution in [0.1, 0.15) is 37.3 Å². The van der Waals surface area contributed by atoms with Crippen molar-refractivity contribution in [2.45, 2.75) is 43.9 Å². The van der Waals surface area contributed by atoms with Gasteiger partial charge >= 0.3 is 12.2 Å². The van der Waals surface area contributed by atoms with Gasteiger partial charge in [-0.1, -0.05) is 18.2 Å². The molecule has 0 spiro atoms. The van der Waals surface area contributed by atoms with Gasteiger partial charge in [-0.15, -0.1) is 0 Å². The molecule has 1 aromatic carbocycles. The van der Waals surface area contributed by atoms with E-state index in [4.69, 9.17) is 0 Å². The summed E-state index contributed by atoms with van der Waals surface area (Å²) in [5.74, 6) is -0.814. The Labute approximate surface area is 138 Å². The molecule has 1 aliphatic rings. The quantitative estimate of drug-likeness (QED) is 0.786. The molecule has 24 heavy (non-hydrogen) atoms. The van der Waals surface area contributed by atoms with E-state index in [1.807, 2.05) is 0 Å². The summed E-state index contributed by atoms with van der Waals surface area (Å²) in [5.41, 5.74) is -1.65. The number of halogens is 3. The second kappa shape index (κ2) is 6.33. The summed E-state index contributed by atoms with van der Waals surface area (Å²) < 4.78 is 39.2. The van der Waals surface area contributed by atoms with E-state index >= 15 is 0 Å². The highest BCUT2D eigenvalue weighted by atomic mass is 19.4. The first-order valence-corrected chi connectivity index (χ1v) is 7.53. The highest BCUT2D eigenvalue weighted by Crippen LogP contribution is 2.46. The van der Waals surface area contributed by atoms with E-state index in [2.05, 4.69) is 16.0 Å². The van der Waals surface area contributed by atoms with Crippen molar-refractivity contribution in [3.8, 4) is 0 Å². The average molecular weight is 343 g/mol. The van der Waals surface area contributed by atoms with E-state index in [1.165, 1.54) is 33.0 Å². The topological polar surface area (TPSA) is 70.2 Å². The largest absolute Gasteiger partial charge is 0.416 e. The lowest BCUT2D eigenvalue weighted by Gasteiger charge is -2.25. The third kappa shape index (κ3) is 3.98. The Morgan fingerprint density at radius 3 is 2.38 bits per heavy atom. The van der Waals surface area contributed by atoms with E-state index < -0.39 is 29.2 Å².